The minimum Gasteiger partial charge on any atom is -0.370 e. The lowest BCUT2D eigenvalue weighted by Crippen LogP contribution is -2.05. The first-order valence-electron chi connectivity index (χ1n) is 5.46. The van der Waals surface area contributed by atoms with Gasteiger partial charge >= 0.3 is 0 Å². The molecule has 1 fully saturated rings. The molecule has 82 valence electrons. The SMILES string of the molecule is CSCCCNc1ccnc(C2CC2)n1. The zero-order chi connectivity index (χ0) is 10.5. The molecule has 0 saturated heterocycles. The Morgan fingerprint density at radius 2 is 2.40 bits per heavy atom. The van der Waals surface area contributed by atoms with E-state index < -0.39 is 0 Å². The molecule has 1 heterocycles. The van der Waals surface area contributed by atoms with Crippen LogP contribution in [0.4, 0.5) is 5.82 Å². The third kappa shape index (κ3) is 3.38. The van der Waals surface area contributed by atoms with Gasteiger partial charge in [0.1, 0.15) is 11.6 Å². The van der Waals surface area contributed by atoms with E-state index in [9.17, 15) is 0 Å². The van der Waals surface area contributed by atoms with Crippen molar-refractivity contribution in [2.75, 3.05) is 23.9 Å². The van der Waals surface area contributed by atoms with Crippen LogP contribution in [0.2, 0.25) is 0 Å². The normalized spacial score (nSPS) is 15.3. The molecule has 0 amide bonds. The number of aromatic nitrogens is 2. The molecule has 1 N–H and O–H groups in total. The van der Waals surface area contributed by atoms with E-state index in [1.54, 1.807) is 0 Å². The van der Waals surface area contributed by atoms with E-state index in [4.69, 9.17) is 0 Å². The van der Waals surface area contributed by atoms with Crippen LogP contribution in [0, 0.1) is 0 Å². The predicted octanol–water partition coefficient (Wildman–Crippen LogP) is 2.52. The lowest BCUT2D eigenvalue weighted by Gasteiger charge is -2.05. The van der Waals surface area contributed by atoms with Crippen molar-refractivity contribution in [3.05, 3.63) is 18.1 Å². The third-order valence-electron chi connectivity index (χ3n) is 2.45. The molecular weight excluding hydrogens is 206 g/mol. The first-order chi connectivity index (χ1) is 7.40. The standard InChI is InChI=1S/C11H17N3S/c1-15-8-2-6-12-10-5-7-13-11(14-10)9-3-4-9/h5,7,9H,2-4,6,8H2,1H3,(H,12,13,14). The number of nitrogens with one attached hydrogen (secondary N) is 1. The fourth-order valence-corrected chi connectivity index (χ4v) is 1.88. The lowest BCUT2D eigenvalue weighted by atomic mass is 10.4. The second-order valence-electron chi connectivity index (χ2n) is 3.85. The van der Waals surface area contributed by atoms with E-state index in [1.807, 2.05) is 24.0 Å². The Hall–Kier alpha value is -0.770. The summed E-state index contributed by atoms with van der Waals surface area (Å²) in [6, 6.07) is 1.95. The first-order valence-corrected chi connectivity index (χ1v) is 6.85. The molecule has 0 spiro atoms. The average molecular weight is 223 g/mol. The van der Waals surface area contributed by atoms with Gasteiger partial charge in [-0.25, -0.2) is 9.97 Å². The van der Waals surface area contributed by atoms with Crippen LogP contribution >= 0.6 is 11.8 Å². The second-order valence-corrected chi connectivity index (χ2v) is 4.83. The van der Waals surface area contributed by atoms with Crippen molar-refractivity contribution in [3.8, 4) is 0 Å². The van der Waals surface area contributed by atoms with Crippen LogP contribution < -0.4 is 5.32 Å². The minimum absolute atomic E-state index is 0.637. The zero-order valence-electron chi connectivity index (χ0n) is 9.07. The molecular formula is C11H17N3S. The van der Waals surface area contributed by atoms with E-state index in [2.05, 4.69) is 21.5 Å². The number of rotatable bonds is 6. The summed E-state index contributed by atoms with van der Waals surface area (Å²) >= 11 is 1.88. The highest BCUT2D eigenvalue weighted by molar-refractivity contribution is 7.98. The molecule has 15 heavy (non-hydrogen) atoms. The third-order valence-corrected chi connectivity index (χ3v) is 3.14. The van der Waals surface area contributed by atoms with Crippen molar-refractivity contribution in [1.82, 2.24) is 9.97 Å². The molecule has 4 heteroatoms. The van der Waals surface area contributed by atoms with E-state index in [-0.39, 0.29) is 0 Å². The van der Waals surface area contributed by atoms with Gasteiger partial charge in [0.2, 0.25) is 0 Å². The Kier molecular flexibility index (Phi) is 3.83. The van der Waals surface area contributed by atoms with Gasteiger partial charge < -0.3 is 5.32 Å². The van der Waals surface area contributed by atoms with Gasteiger partial charge in [0, 0.05) is 18.7 Å². The Labute approximate surface area is 95.1 Å². The Bertz CT molecular complexity index is 312. The van der Waals surface area contributed by atoms with E-state index >= 15 is 0 Å². The summed E-state index contributed by atoms with van der Waals surface area (Å²) in [6.07, 6.45) is 7.70. The zero-order valence-corrected chi connectivity index (χ0v) is 9.89. The van der Waals surface area contributed by atoms with Gasteiger partial charge in [0.05, 0.1) is 0 Å². The fraction of sp³-hybridized carbons (Fsp3) is 0.636. The molecule has 1 aromatic heterocycles. The summed E-state index contributed by atoms with van der Waals surface area (Å²) in [5.74, 6) is 3.84. The fourth-order valence-electron chi connectivity index (χ4n) is 1.44. The molecule has 0 aromatic carbocycles. The van der Waals surface area contributed by atoms with Crippen LogP contribution in [-0.4, -0.2) is 28.5 Å². The predicted molar refractivity (Wildman–Crippen MR) is 65.5 cm³/mol. The van der Waals surface area contributed by atoms with E-state index in [1.165, 1.54) is 25.0 Å². The molecule has 0 atom stereocenters. The van der Waals surface area contributed by atoms with Crippen molar-refractivity contribution in [3.63, 3.8) is 0 Å². The molecule has 0 radical (unpaired) electrons. The van der Waals surface area contributed by atoms with Crippen molar-refractivity contribution >= 4 is 17.6 Å². The minimum atomic E-state index is 0.637. The number of nitrogens with zero attached hydrogens (tertiary/aromatic N) is 2. The van der Waals surface area contributed by atoms with Crippen LogP contribution in [0.3, 0.4) is 0 Å². The van der Waals surface area contributed by atoms with Crippen molar-refractivity contribution in [1.29, 1.82) is 0 Å². The molecule has 0 unspecified atom stereocenters. The highest BCUT2D eigenvalue weighted by atomic mass is 32.2. The number of anilines is 1. The van der Waals surface area contributed by atoms with Crippen LogP contribution in [-0.2, 0) is 0 Å². The summed E-state index contributed by atoms with van der Waals surface area (Å²) in [5, 5.41) is 3.34. The van der Waals surface area contributed by atoms with E-state index in [0.29, 0.717) is 5.92 Å². The van der Waals surface area contributed by atoms with Crippen molar-refractivity contribution < 1.29 is 0 Å². The molecule has 1 aliphatic carbocycles. The smallest absolute Gasteiger partial charge is 0.133 e. The van der Waals surface area contributed by atoms with Gasteiger partial charge in [-0.2, -0.15) is 11.8 Å². The summed E-state index contributed by atoms with van der Waals surface area (Å²) in [4.78, 5) is 8.79. The molecule has 1 aliphatic rings. The molecule has 3 nitrogen and oxygen atoms in total. The largest absolute Gasteiger partial charge is 0.370 e. The molecule has 0 aliphatic heterocycles. The van der Waals surface area contributed by atoms with Crippen LogP contribution in [0.15, 0.2) is 12.3 Å². The van der Waals surface area contributed by atoms with Gasteiger partial charge in [-0.1, -0.05) is 0 Å². The van der Waals surface area contributed by atoms with Crippen LogP contribution in [0.5, 0.6) is 0 Å². The Balaban J connectivity index is 1.82. The molecule has 2 rings (SSSR count). The Morgan fingerprint density at radius 1 is 1.53 bits per heavy atom. The van der Waals surface area contributed by atoms with Gasteiger partial charge in [-0.3, -0.25) is 0 Å². The number of thioether (sulfide) groups is 1. The molecule has 1 aromatic rings. The summed E-state index contributed by atoms with van der Waals surface area (Å²) in [5.41, 5.74) is 0. The van der Waals surface area contributed by atoms with Gasteiger partial charge in [0.25, 0.3) is 0 Å². The topological polar surface area (TPSA) is 37.8 Å². The maximum absolute atomic E-state index is 4.50. The maximum atomic E-state index is 4.50. The van der Waals surface area contributed by atoms with Crippen LogP contribution in [0.25, 0.3) is 0 Å². The quantitative estimate of drug-likeness (QED) is 0.752. The monoisotopic (exact) mass is 223 g/mol. The average Bonchev–Trinajstić information content (AvgIpc) is 3.09. The van der Waals surface area contributed by atoms with Crippen molar-refractivity contribution in [2.45, 2.75) is 25.2 Å². The van der Waals surface area contributed by atoms with Gasteiger partial charge in [-0.15, -0.1) is 0 Å². The maximum Gasteiger partial charge on any atom is 0.133 e. The second kappa shape index (κ2) is 5.35. The lowest BCUT2D eigenvalue weighted by molar-refractivity contribution is 0.911. The summed E-state index contributed by atoms with van der Waals surface area (Å²) in [6.45, 7) is 1.00. The van der Waals surface area contributed by atoms with Crippen LogP contribution in [0.1, 0.15) is 31.0 Å². The van der Waals surface area contributed by atoms with Gasteiger partial charge in [0.15, 0.2) is 0 Å². The highest BCUT2D eigenvalue weighted by Crippen LogP contribution is 2.37. The number of hydrogen-bond acceptors (Lipinski definition) is 4. The Morgan fingerprint density at radius 3 is 3.13 bits per heavy atom. The van der Waals surface area contributed by atoms with Gasteiger partial charge in [-0.05, 0) is 37.3 Å². The molecule has 1 saturated carbocycles. The first kappa shape index (κ1) is 10.7. The highest BCUT2D eigenvalue weighted by Gasteiger charge is 2.26. The number of hydrogen-bond donors (Lipinski definition) is 1. The molecule has 0 bridgehead atoms. The van der Waals surface area contributed by atoms with Crippen molar-refractivity contribution in [2.24, 2.45) is 0 Å². The van der Waals surface area contributed by atoms with E-state index in [0.717, 1.165) is 18.2 Å². The summed E-state index contributed by atoms with van der Waals surface area (Å²) in [7, 11) is 0. The summed E-state index contributed by atoms with van der Waals surface area (Å²) < 4.78 is 0.